The molecule has 0 saturated carbocycles. The number of carbonyl (C=O) groups excluding carboxylic acids is 1. The van der Waals surface area contributed by atoms with Gasteiger partial charge in [-0.05, 0) is 43.2 Å². The second kappa shape index (κ2) is 7.80. The Morgan fingerprint density at radius 1 is 1.43 bits per heavy atom. The zero-order valence-electron chi connectivity index (χ0n) is 11.9. The first kappa shape index (κ1) is 18.0. The first-order chi connectivity index (χ1) is 9.51. The van der Waals surface area contributed by atoms with Crippen LogP contribution in [0.1, 0.15) is 22.2 Å². The zero-order chi connectivity index (χ0) is 14.7. The highest BCUT2D eigenvalue weighted by molar-refractivity contribution is 7.17. The Bertz CT molecular complexity index is 628. The average molecular weight is 345 g/mol. The number of rotatable bonds is 4. The van der Waals surface area contributed by atoms with Crippen molar-refractivity contribution < 1.29 is 4.79 Å². The van der Waals surface area contributed by atoms with Crippen LogP contribution in [0.4, 0.5) is 0 Å². The Morgan fingerprint density at radius 2 is 2.14 bits per heavy atom. The largest absolute Gasteiger partial charge is 0.348 e. The summed E-state index contributed by atoms with van der Waals surface area (Å²) >= 11 is 7.49. The summed E-state index contributed by atoms with van der Waals surface area (Å²) < 4.78 is 0. The number of thiophene rings is 1. The van der Waals surface area contributed by atoms with Crippen molar-refractivity contribution in [3.05, 3.63) is 45.8 Å². The van der Waals surface area contributed by atoms with Gasteiger partial charge in [0.25, 0.3) is 5.91 Å². The second-order valence-corrected chi connectivity index (χ2v) is 6.23. The van der Waals surface area contributed by atoms with Crippen molar-refractivity contribution in [2.24, 2.45) is 5.73 Å². The predicted molar refractivity (Wildman–Crippen MR) is 92.7 cm³/mol. The first-order valence-corrected chi connectivity index (χ1v) is 7.58. The van der Waals surface area contributed by atoms with E-state index in [0.29, 0.717) is 16.4 Å². The number of hydrogen-bond acceptors (Lipinski definition) is 3. The van der Waals surface area contributed by atoms with Crippen LogP contribution in [-0.4, -0.2) is 18.5 Å². The van der Waals surface area contributed by atoms with Gasteiger partial charge in [0.05, 0.1) is 4.88 Å². The van der Waals surface area contributed by atoms with Crippen LogP contribution in [0.2, 0.25) is 5.02 Å². The lowest BCUT2D eigenvalue weighted by atomic mass is 10.1. The minimum absolute atomic E-state index is 0. The summed E-state index contributed by atoms with van der Waals surface area (Å²) in [5.41, 5.74) is 7.62. The molecular weight excluding hydrogens is 327 g/mol. The predicted octanol–water partition coefficient (Wildman–Crippen LogP) is 3.88. The molecular formula is C15H18Cl2N2OS. The van der Waals surface area contributed by atoms with E-state index in [4.69, 9.17) is 17.3 Å². The fourth-order valence-electron chi connectivity index (χ4n) is 1.86. The number of nitrogens with one attached hydrogen (secondary N) is 1. The molecule has 0 saturated heterocycles. The molecule has 0 radical (unpaired) electrons. The summed E-state index contributed by atoms with van der Waals surface area (Å²) in [4.78, 5) is 13.9. The summed E-state index contributed by atoms with van der Waals surface area (Å²) in [5, 5.41) is 3.56. The van der Waals surface area contributed by atoms with E-state index in [1.165, 1.54) is 11.3 Å². The molecule has 0 aliphatic heterocycles. The van der Waals surface area contributed by atoms with Gasteiger partial charge >= 0.3 is 0 Å². The van der Waals surface area contributed by atoms with Gasteiger partial charge < -0.3 is 11.1 Å². The minimum atomic E-state index is -0.0793. The Labute approximate surface area is 139 Å². The molecule has 1 aromatic heterocycles. The van der Waals surface area contributed by atoms with Crippen molar-refractivity contribution in [2.45, 2.75) is 19.9 Å². The maximum absolute atomic E-state index is 12.1. The van der Waals surface area contributed by atoms with E-state index in [2.05, 4.69) is 5.32 Å². The van der Waals surface area contributed by atoms with E-state index in [1.807, 2.05) is 44.2 Å². The van der Waals surface area contributed by atoms with E-state index in [1.54, 1.807) is 0 Å². The van der Waals surface area contributed by atoms with Gasteiger partial charge in [0.2, 0.25) is 0 Å². The van der Waals surface area contributed by atoms with E-state index in [9.17, 15) is 4.79 Å². The fourth-order valence-corrected chi connectivity index (χ4v) is 3.13. The average Bonchev–Trinajstić information content (AvgIpc) is 2.80. The van der Waals surface area contributed by atoms with Gasteiger partial charge in [0.15, 0.2) is 0 Å². The van der Waals surface area contributed by atoms with E-state index >= 15 is 0 Å². The maximum Gasteiger partial charge on any atom is 0.261 e. The molecule has 6 heteroatoms. The molecule has 2 rings (SSSR count). The van der Waals surface area contributed by atoms with Gasteiger partial charge in [-0.3, -0.25) is 4.79 Å². The summed E-state index contributed by atoms with van der Waals surface area (Å²) in [5.74, 6) is -0.0793. The number of aryl methyl sites for hydroxylation is 1. The Balaban J connectivity index is 0.00000220. The number of hydrogen-bond donors (Lipinski definition) is 2. The number of halogens is 2. The van der Waals surface area contributed by atoms with Crippen molar-refractivity contribution in [3.63, 3.8) is 0 Å². The molecule has 0 aliphatic rings. The molecule has 21 heavy (non-hydrogen) atoms. The van der Waals surface area contributed by atoms with Crippen LogP contribution >= 0.6 is 35.3 Å². The quantitative estimate of drug-likeness (QED) is 0.884. The zero-order valence-corrected chi connectivity index (χ0v) is 14.2. The molecule has 0 aliphatic carbocycles. The lowest BCUT2D eigenvalue weighted by Crippen LogP contribution is -2.37. The van der Waals surface area contributed by atoms with Gasteiger partial charge in [0.1, 0.15) is 0 Å². The summed E-state index contributed by atoms with van der Waals surface area (Å²) in [6, 6.07) is 9.52. The molecule has 1 aromatic carbocycles. The SMILES string of the molecule is Cc1cc(C(=O)N[C@@H](C)CN)sc1-c1cccc(Cl)c1.Cl. The number of amides is 1. The molecule has 114 valence electrons. The Morgan fingerprint density at radius 3 is 2.76 bits per heavy atom. The van der Waals surface area contributed by atoms with Crippen molar-refractivity contribution >= 4 is 41.3 Å². The molecule has 1 amide bonds. The Kier molecular flexibility index (Phi) is 6.68. The summed E-state index contributed by atoms with van der Waals surface area (Å²) in [7, 11) is 0. The molecule has 0 unspecified atom stereocenters. The highest BCUT2D eigenvalue weighted by atomic mass is 35.5. The minimum Gasteiger partial charge on any atom is -0.348 e. The van der Waals surface area contributed by atoms with Gasteiger partial charge in [-0.15, -0.1) is 23.7 Å². The first-order valence-electron chi connectivity index (χ1n) is 6.38. The molecule has 0 spiro atoms. The topological polar surface area (TPSA) is 55.1 Å². The smallest absolute Gasteiger partial charge is 0.261 e. The highest BCUT2D eigenvalue weighted by Gasteiger charge is 2.15. The van der Waals surface area contributed by atoms with E-state index in [-0.39, 0.29) is 24.4 Å². The molecule has 1 atom stereocenters. The number of carbonyl (C=O) groups is 1. The molecule has 2 aromatic rings. The van der Waals surface area contributed by atoms with Gasteiger partial charge in [-0.2, -0.15) is 0 Å². The van der Waals surface area contributed by atoms with Crippen LogP contribution in [0.15, 0.2) is 30.3 Å². The maximum atomic E-state index is 12.1. The molecule has 1 heterocycles. The second-order valence-electron chi connectivity index (χ2n) is 4.74. The molecule has 3 nitrogen and oxygen atoms in total. The van der Waals surface area contributed by atoms with Crippen LogP contribution < -0.4 is 11.1 Å². The van der Waals surface area contributed by atoms with Crippen LogP contribution in [0.3, 0.4) is 0 Å². The summed E-state index contributed by atoms with van der Waals surface area (Å²) in [6.07, 6.45) is 0. The monoisotopic (exact) mass is 344 g/mol. The molecule has 0 bridgehead atoms. The van der Waals surface area contributed by atoms with Crippen LogP contribution in [0, 0.1) is 6.92 Å². The standard InChI is InChI=1S/C15H17ClN2OS.ClH/c1-9-6-13(15(19)18-10(2)8-17)20-14(9)11-4-3-5-12(16)7-11;/h3-7,10H,8,17H2,1-2H3,(H,18,19);1H/t10-;/m0./s1. The van der Waals surface area contributed by atoms with Crippen LogP contribution in [0.5, 0.6) is 0 Å². The third-order valence-corrected chi connectivity index (χ3v) is 4.48. The lowest BCUT2D eigenvalue weighted by molar-refractivity contribution is 0.0945. The van der Waals surface area contributed by atoms with Gasteiger partial charge in [-0.1, -0.05) is 23.7 Å². The Hall–Kier alpha value is -1.07. The summed E-state index contributed by atoms with van der Waals surface area (Å²) in [6.45, 7) is 4.31. The molecule has 3 N–H and O–H groups in total. The fraction of sp³-hybridized carbons (Fsp3) is 0.267. The van der Waals surface area contributed by atoms with E-state index in [0.717, 1.165) is 16.0 Å². The third-order valence-electron chi connectivity index (χ3n) is 2.96. The normalized spacial score (nSPS) is 11.6. The number of nitrogens with two attached hydrogens (primary N) is 1. The lowest BCUT2D eigenvalue weighted by Gasteiger charge is -2.09. The van der Waals surface area contributed by atoms with Crippen LogP contribution in [-0.2, 0) is 0 Å². The van der Waals surface area contributed by atoms with Crippen molar-refractivity contribution in [3.8, 4) is 10.4 Å². The van der Waals surface area contributed by atoms with E-state index < -0.39 is 0 Å². The molecule has 0 fully saturated rings. The third kappa shape index (κ3) is 4.45. The van der Waals surface area contributed by atoms with Crippen molar-refractivity contribution in [2.75, 3.05) is 6.54 Å². The van der Waals surface area contributed by atoms with Crippen molar-refractivity contribution in [1.82, 2.24) is 5.32 Å². The highest BCUT2D eigenvalue weighted by Crippen LogP contribution is 2.33. The van der Waals surface area contributed by atoms with Gasteiger partial charge in [0, 0.05) is 22.5 Å². The van der Waals surface area contributed by atoms with Gasteiger partial charge in [-0.25, -0.2) is 0 Å². The van der Waals surface area contributed by atoms with Crippen molar-refractivity contribution in [1.29, 1.82) is 0 Å². The van der Waals surface area contributed by atoms with Crippen LogP contribution in [0.25, 0.3) is 10.4 Å². The number of benzene rings is 1.